The molecule has 0 heterocycles. The molecular formula is C24H21NO3. The highest BCUT2D eigenvalue weighted by Crippen LogP contribution is 2.29. The maximum atomic E-state index is 13.0. The Morgan fingerprint density at radius 3 is 2.14 bits per heavy atom. The highest BCUT2D eigenvalue weighted by atomic mass is 16.7. The van der Waals surface area contributed by atoms with Gasteiger partial charge in [0.15, 0.2) is 0 Å². The van der Waals surface area contributed by atoms with E-state index in [0.29, 0.717) is 0 Å². The molecule has 3 aromatic carbocycles. The predicted octanol–water partition coefficient (Wildman–Crippen LogP) is 4.72. The molecule has 3 aromatic rings. The second kappa shape index (κ2) is 8.09. The lowest BCUT2D eigenvalue weighted by molar-refractivity contribution is -0.144. The lowest BCUT2D eigenvalue weighted by Crippen LogP contribution is -2.16. The van der Waals surface area contributed by atoms with E-state index in [1.54, 1.807) is 7.11 Å². The summed E-state index contributed by atoms with van der Waals surface area (Å²) in [5.41, 5.74) is 4.75. The zero-order valence-corrected chi connectivity index (χ0v) is 15.7. The minimum atomic E-state index is -0.511. The number of benzene rings is 3. The zero-order valence-electron chi connectivity index (χ0n) is 15.7. The molecule has 0 unspecified atom stereocenters. The van der Waals surface area contributed by atoms with Gasteiger partial charge >= 0.3 is 5.97 Å². The van der Waals surface area contributed by atoms with E-state index in [-0.39, 0.29) is 5.97 Å². The van der Waals surface area contributed by atoms with Gasteiger partial charge in [-0.3, -0.25) is 0 Å². The molecule has 0 atom stereocenters. The van der Waals surface area contributed by atoms with E-state index in [4.69, 9.17) is 9.57 Å². The topological polar surface area (TPSA) is 47.9 Å². The molecule has 28 heavy (non-hydrogen) atoms. The van der Waals surface area contributed by atoms with Crippen LogP contribution in [-0.2, 0) is 16.1 Å². The summed E-state index contributed by atoms with van der Waals surface area (Å²) in [7, 11) is 1.65. The number of rotatable bonds is 5. The van der Waals surface area contributed by atoms with Crippen LogP contribution >= 0.6 is 0 Å². The Morgan fingerprint density at radius 1 is 0.893 bits per heavy atom. The van der Waals surface area contributed by atoms with E-state index in [9.17, 15) is 4.79 Å². The first kappa shape index (κ1) is 18.0. The van der Waals surface area contributed by atoms with Gasteiger partial charge in [0.05, 0.1) is 12.8 Å². The second-order valence-electron chi connectivity index (χ2n) is 6.73. The average Bonchev–Trinajstić information content (AvgIpc) is 3.16. The summed E-state index contributed by atoms with van der Waals surface area (Å²) in [6.45, 7) is 0. The Hall–Kier alpha value is -3.40. The van der Waals surface area contributed by atoms with Gasteiger partial charge in [-0.1, -0.05) is 65.8 Å². The molecule has 0 aromatic heterocycles. The Morgan fingerprint density at radius 2 is 1.54 bits per heavy atom. The monoisotopic (exact) mass is 371 g/mol. The molecule has 0 amide bonds. The van der Waals surface area contributed by atoms with Crippen LogP contribution in [0.1, 0.15) is 34.6 Å². The van der Waals surface area contributed by atoms with Crippen molar-refractivity contribution < 1.29 is 14.4 Å². The fourth-order valence-electron chi connectivity index (χ4n) is 3.58. The van der Waals surface area contributed by atoms with E-state index in [1.807, 2.05) is 78.9 Å². The Kier molecular flexibility index (Phi) is 5.20. The van der Waals surface area contributed by atoms with Crippen LogP contribution in [-0.4, -0.2) is 18.8 Å². The molecular weight excluding hydrogens is 350 g/mol. The van der Waals surface area contributed by atoms with E-state index in [0.717, 1.165) is 46.6 Å². The van der Waals surface area contributed by atoms with Crippen LogP contribution in [0.3, 0.4) is 0 Å². The number of carbonyl (C=O) groups is 1. The number of nitrogens with zero attached hydrogens (tertiary/aromatic N) is 1. The van der Waals surface area contributed by atoms with E-state index >= 15 is 0 Å². The smallest absolute Gasteiger partial charge is 0.346 e. The summed E-state index contributed by atoms with van der Waals surface area (Å²) in [5.74, 6) is -0.0689. The minimum Gasteiger partial charge on any atom is -0.497 e. The number of hydrogen-bond acceptors (Lipinski definition) is 4. The van der Waals surface area contributed by atoms with Crippen LogP contribution in [0.4, 0.5) is 0 Å². The van der Waals surface area contributed by atoms with Crippen molar-refractivity contribution in [1.82, 2.24) is 0 Å². The van der Waals surface area contributed by atoms with Crippen molar-refractivity contribution in [2.24, 2.45) is 5.16 Å². The molecule has 0 saturated carbocycles. The third-order valence-corrected chi connectivity index (χ3v) is 5.00. The molecule has 1 aliphatic rings. The van der Waals surface area contributed by atoms with Gasteiger partial charge in [0.25, 0.3) is 0 Å². The zero-order chi connectivity index (χ0) is 19.3. The molecule has 0 bridgehead atoms. The lowest BCUT2D eigenvalue weighted by Gasteiger charge is -2.15. The van der Waals surface area contributed by atoms with Gasteiger partial charge in [-0.05, 0) is 47.7 Å². The van der Waals surface area contributed by atoms with E-state index < -0.39 is 5.92 Å². The molecule has 140 valence electrons. The number of oxime groups is 1. The number of hydrogen-bond donors (Lipinski definition) is 0. The number of aryl methyl sites for hydroxylation is 1. The summed E-state index contributed by atoms with van der Waals surface area (Å²) in [6.07, 6.45) is 1.61. The van der Waals surface area contributed by atoms with Crippen molar-refractivity contribution >= 4 is 11.7 Å². The molecule has 0 fully saturated rings. The van der Waals surface area contributed by atoms with Crippen molar-refractivity contribution in [3.63, 3.8) is 0 Å². The van der Waals surface area contributed by atoms with Gasteiger partial charge in [-0.2, -0.15) is 0 Å². The number of ether oxygens (including phenoxy) is 1. The quantitative estimate of drug-likeness (QED) is 0.482. The Bertz CT molecular complexity index is 957. The first-order valence-electron chi connectivity index (χ1n) is 9.31. The van der Waals surface area contributed by atoms with Crippen LogP contribution in [0, 0.1) is 0 Å². The van der Waals surface area contributed by atoms with Gasteiger partial charge in [0.1, 0.15) is 11.7 Å². The summed E-state index contributed by atoms with van der Waals surface area (Å²) < 4.78 is 5.28. The second-order valence-corrected chi connectivity index (χ2v) is 6.73. The molecule has 0 radical (unpaired) electrons. The van der Waals surface area contributed by atoms with E-state index in [1.165, 1.54) is 0 Å². The van der Waals surface area contributed by atoms with Crippen LogP contribution in [0.5, 0.6) is 5.75 Å². The largest absolute Gasteiger partial charge is 0.497 e. The maximum absolute atomic E-state index is 13.0. The highest BCUT2D eigenvalue weighted by molar-refractivity contribution is 6.04. The third kappa shape index (κ3) is 3.67. The van der Waals surface area contributed by atoms with Crippen LogP contribution in [0.15, 0.2) is 84.0 Å². The molecule has 4 heteroatoms. The Balaban J connectivity index is 1.59. The van der Waals surface area contributed by atoms with Crippen LogP contribution in [0.25, 0.3) is 0 Å². The molecule has 4 rings (SSSR count). The summed E-state index contributed by atoms with van der Waals surface area (Å²) in [4.78, 5) is 18.4. The van der Waals surface area contributed by atoms with Gasteiger partial charge < -0.3 is 9.57 Å². The van der Waals surface area contributed by atoms with Crippen molar-refractivity contribution in [2.75, 3.05) is 7.11 Å². The number of methoxy groups -OCH3 is 1. The van der Waals surface area contributed by atoms with Gasteiger partial charge in [0.2, 0.25) is 0 Å². The summed E-state index contributed by atoms with van der Waals surface area (Å²) >= 11 is 0. The molecule has 0 aliphatic heterocycles. The maximum Gasteiger partial charge on any atom is 0.346 e. The van der Waals surface area contributed by atoms with Crippen molar-refractivity contribution in [1.29, 1.82) is 0 Å². The molecule has 0 saturated heterocycles. The molecule has 0 spiro atoms. The predicted molar refractivity (Wildman–Crippen MR) is 109 cm³/mol. The fraction of sp³-hybridized carbons (Fsp3) is 0.167. The van der Waals surface area contributed by atoms with E-state index in [2.05, 4.69) is 5.16 Å². The van der Waals surface area contributed by atoms with Crippen molar-refractivity contribution in [2.45, 2.75) is 18.8 Å². The summed E-state index contributed by atoms with van der Waals surface area (Å²) in [5, 5.41) is 4.22. The van der Waals surface area contributed by atoms with Gasteiger partial charge in [0, 0.05) is 5.56 Å². The highest BCUT2D eigenvalue weighted by Gasteiger charge is 2.26. The van der Waals surface area contributed by atoms with Crippen LogP contribution < -0.4 is 4.74 Å². The van der Waals surface area contributed by atoms with Gasteiger partial charge in [-0.25, -0.2) is 4.79 Å². The normalized spacial score (nSPS) is 14.1. The summed E-state index contributed by atoms with van der Waals surface area (Å²) in [6, 6.07) is 25.2. The van der Waals surface area contributed by atoms with Crippen molar-refractivity contribution in [3.05, 3.63) is 101 Å². The molecule has 4 nitrogen and oxygen atoms in total. The van der Waals surface area contributed by atoms with Crippen LogP contribution in [0.2, 0.25) is 0 Å². The van der Waals surface area contributed by atoms with Crippen molar-refractivity contribution in [3.8, 4) is 5.75 Å². The molecule has 1 aliphatic carbocycles. The lowest BCUT2D eigenvalue weighted by atomic mass is 9.91. The number of fused-ring (bicyclic) bond motifs is 1. The SMILES string of the molecule is COc1ccc2c(c1)CC/C2=N/OC(=O)C(c1ccccc1)c1ccccc1. The Labute approximate surface area is 164 Å². The minimum absolute atomic E-state index is 0.383. The first-order chi connectivity index (χ1) is 13.8. The average molecular weight is 371 g/mol. The standard InChI is InChI=1S/C24H21NO3/c1-27-20-13-14-21-19(16-20)12-15-22(21)25-28-24(26)23(17-8-4-2-5-9-17)18-10-6-3-7-11-18/h2-11,13-14,16,23H,12,15H2,1H3/b25-22-. The number of carbonyl (C=O) groups excluding carboxylic acids is 1. The first-order valence-corrected chi connectivity index (χ1v) is 9.31. The third-order valence-electron chi connectivity index (χ3n) is 5.00. The molecule has 0 N–H and O–H groups in total. The fourth-order valence-corrected chi connectivity index (χ4v) is 3.58. The van der Waals surface area contributed by atoms with Gasteiger partial charge in [-0.15, -0.1) is 0 Å².